The predicted molar refractivity (Wildman–Crippen MR) is 125 cm³/mol. The number of likely N-dealkylation sites (tertiary alicyclic amines) is 1. The highest BCUT2D eigenvalue weighted by Gasteiger charge is 2.50. The van der Waals surface area contributed by atoms with Crippen LogP contribution in [0.15, 0.2) is 54.6 Å². The Balaban J connectivity index is 1.32. The highest BCUT2D eigenvalue weighted by atomic mass is 16.5. The number of carbonyl (C=O) groups excluding carboxylic acids is 2. The molecule has 170 valence electrons. The van der Waals surface area contributed by atoms with Gasteiger partial charge in [0.15, 0.2) is 6.10 Å². The SMILES string of the molecule is CC(Oc1ccccc1)C(=O)NCc1ccc(C(=O)N2CC3(C)CC2CC(C)(C)C3)cc1. The normalized spacial score (nSPS) is 24.6. The van der Waals surface area contributed by atoms with Crippen LogP contribution < -0.4 is 10.1 Å². The largest absolute Gasteiger partial charge is 0.481 e. The van der Waals surface area contributed by atoms with Gasteiger partial charge in [0.25, 0.3) is 11.8 Å². The quantitative estimate of drug-likeness (QED) is 0.710. The minimum Gasteiger partial charge on any atom is -0.481 e. The third-order valence-corrected chi connectivity index (χ3v) is 6.77. The van der Waals surface area contributed by atoms with E-state index in [-0.39, 0.29) is 22.6 Å². The maximum absolute atomic E-state index is 13.2. The smallest absolute Gasteiger partial charge is 0.261 e. The molecule has 3 atom stereocenters. The second-order valence-corrected chi connectivity index (χ2v) is 10.6. The molecule has 1 aliphatic heterocycles. The topological polar surface area (TPSA) is 58.6 Å². The summed E-state index contributed by atoms with van der Waals surface area (Å²) < 4.78 is 5.67. The Hall–Kier alpha value is -2.82. The molecule has 1 aliphatic carbocycles. The van der Waals surface area contributed by atoms with Crippen molar-refractivity contribution in [1.82, 2.24) is 10.2 Å². The van der Waals surface area contributed by atoms with Gasteiger partial charge in [0, 0.05) is 24.7 Å². The number of benzene rings is 2. The van der Waals surface area contributed by atoms with E-state index in [0.717, 1.165) is 30.5 Å². The van der Waals surface area contributed by atoms with Crippen LogP contribution in [0, 0.1) is 10.8 Å². The fourth-order valence-electron chi connectivity index (χ4n) is 5.72. The average Bonchev–Trinajstić information content (AvgIpc) is 3.01. The minimum absolute atomic E-state index is 0.122. The van der Waals surface area contributed by atoms with Crippen molar-refractivity contribution in [1.29, 1.82) is 0 Å². The molecule has 2 bridgehead atoms. The molecule has 2 fully saturated rings. The molecule has 32 heavy (non-hydrogen) atoms. The molecule has 1 saturated heterocycles. The maximum atomic E-state index is 13.2. The van der Waals surface area contributed by atoms with Gasteiger partial charge in [-0.05, 0) is 66.8 Å². The summed E-state index contributed by atoms with van der Waals surface area (Å²) in [7, 11) is 0. The van der Waals surface area contributed by atoms with E-state index in [9.17, 15) is 9.59 Å². The zero-order valence-corrected chi connectivity index (χ0v) is 19.6. The van der Waals surface area contributed by atoms with Crippen molar-refractivity contribution in [3.63, 3.8) is 0 Å². The molecule has 1 heterocycles. The van der Waals surface area contributed by atoms with Gasteiger partial charge in [-0.15, -0.1) is 0 Å². The third kappa shape index (κ3) is 4.98. The van der Waals surface area contributed by atoms with Gasteiger partial charge in [0.1, 0.15) is 5.75 Å². The molecule has 4 rings (SSSR count). The number of ether oxygens (including phenoxy) is 1. The lowest BCUT2D eigenvalue weighted by Crippen LogP contribution is -2.37. The van der Waals surface area contributed by atoms with Gasteiger partial charge >= 0.3 is 0 Å². The molecule has 2 amide bonds. The van der Waals surface area contributed by atoms with Gasteiger partial charge in [-0.3, -0.25) is 9.59 Å². The van der Waals surface area contributed by atoms with Crippen LogP contribution in [0.25, 0.3) is 0 Å². The van der Waals surface area contributed by atoms with Gasteiger partial charge in [-0.1, -0.05) is 51.1 Å². The highest BCUT2D eigenvalue weighted by Crippen LogP contribution is 2.52. The van der Waals surface area contributed by atoms with Crippen molar-refractivity contribution in [3.05, 3.63) is 65.7 Å². The molecule has 2 aliphatic rings. The zero-order chi connectivity index (χ0) is 22.9. The molecule has 5 heteroatoms. The number of nitrogens with zero attached hydrogens (tertiary/aromatic N) is 1. The van der Waals surface area contributed by atoms with E-state index in [2.05, 4.69) is 31.0 Å². The number of amides is 2. The van der Waals surface area contributed by atoms with Crippen molar-refractivity contribution >= 4 is 11.8 Å². The number of hydrogen-bond acceptors (Lipinski definition) is 3. The van der Waals surface area contributed by atoms with E-state index < -0.39 is 6.10 Å². The van der Waals surface area contributed by atoms with Crippen LogP contribution in [0.3, 0.4) is 0 Å². The first kappa shape index (κ1) is 22.4. The van der Waals surface area contributed by atoms with E-state index in [4.69, 9.17) is 4.74 Å². The maximum Gasteiger partial charge on any atom is 0.261 e. The zero-order valence-electron chi connectivity index (χ0n) is 19.6. The number of nitrogens with one attached hydrogen (secondary N) is 1. The average molecular weight is 435 g/mol. The Morgan fingerprint density at radius 3 is 2.44 bits per heavy atom. The second kappa shape index (κ2) is 8.61. The van der Waals surface area contributed by atoms with Crippen LogP contribution in [0.4, 0.5) is 0 Å². The molecular formula is C27H34N2O3. The summed E-state index contributed by atoms with van der Waals surface area (Å²) in [4.78, 5) is 27.7. The fourth-order valence-corrected chi connectivity index (χ4v) is 5.72. The summed E-state index contributed by atoms with van der Waals surface area (Å²) in [5.41, 5.74) is 2.19. The summed E-state index contributed by atoms with van der Waals surface area (Å²) in [5, 5.41) is 2.91. The van der Waals surface area contributed by atoms with Gasteiger partial charge < -0.3 is 15.0 Å². The number of para-hydroxylation sites is 1. The van der Waals surface area contributed by atoms with Crippen LogP contribution in [0.2, 0.25) is 0 Å². The lowest BCUT2D eigenvalue weighted by atomic mass is 9.65. The van der Waals surface area contributed by atoms with Gasteiger partial charge in [-0.2, -0.15) is 0 Å². The highest BCUT2D eigenvalue weighted by molar-refractivity contribution is 5.94. The Kier molecular flexibility index (Phi) is 6.02. The fraction of sp³-hybridized carbons (Fsp3) is 0.481. The first-order valence-corrected chi connectivity index (χ1v) is 11.5. The lowest BCUT2D eigenvalue weighted by molar-refractivity contribution is -0.127. The first-order chi connectivity index (χ1) is 15.1. The minimum atomic E-state index is -0.585. The summed E-state index contributed by atoms with van der Waals surface area (Å²) in [6.07, 6.45) is 2.76. The van der Waals surface area contributed by atoms with E-state index in [1.807, 2.05) is 54.6 Å². The summed E-state index contributed by atoms with van der Waals surface area (Å²) >= 11 is 0. The summed E-state index contributed by atoms with van der Waals surface area (Å²) in [5.74, 6) is 0.618. The molecule has 1 saturated carbocycles. The van der Waals surface area contributed by atoms with Gasteiger partial charge in [-0.25, -0.2) is 0 Å². The lowest BCUT2D eigenvalue weighted by Gasteiger charge is -2.39. The Bertz CT molecular complexity index is 970. The van der Waals surface area contributed by atoms with E-state index in [0.29, 0.717) is 18.3 Å². The van der Waals surface area contributed by atoms with E-state index >= 15 is 0 Å². The van der Waals surface area contributed by atoms with Crippen molar-refractivity contribution in [2.45, 2.75) is 65.6 Å². The van der Waals surface area contributed by atoms with Crippen LogP contribution in [0.1, 0.15) is 62.9 Å². The molecule has 5 nitrogen and oxygen atoms in total. The molecule has 0 spiro atoms. The molecule has 1 N–H and O–H groups in total. The molecule has 2 aromatic carbocycles. The van der Waals surface area contributed by atoms with Gasteiger partial charge in [0.2, 0.25) is 0 Å². The van der Waals surface area contributed by atoms with E-state index in [1.54, 1.807) is 6.92 Å². The second-order valence-electron chi connectivity index (χ2n) is 10.6. The Labute approximate surface area is 191 Å². The van der Waals surface area contributed by atoms with Crippen LogP contribution >= 0.6 is 0 Å². The Morgan fingerprint density at radius 1 is 1.06 bits per heavy atom. The van der Waals surface area contributed by atoms with Crippen molar-refractivity contribution in [2.24, 2.45) is 10.8 Å². The Morgan fingerprint density at radius 2 is 1.75 bits per heavy atom. The van der Waals surface area contributed by atoms with Gasteiger partial charge in [0.05, 0.1) is 0 Å². The first-order valence-electron chi connectivity index (χ1n) is 11.5. The summed E-state index contributed by atoms with van der Waals surface area (Å²) in [6.45, 7) is 9.94. The number of rotatable bonds is 6. The molecule has 2 aromatic rings. The number of fused-ring (bicyclic) bond motifs is 2. The summed E-state index contributed by atoms with van der Waals surface area (Å²) in [6, 6.07) is 17.2. The van der Waals surface area contributed by atoms with Crippen molar-refractivity contribution in [2.75, 3.05) is 6.54 Å². The molecule has 0 aromatic heterocycles. The molecule has 0 radical (unpaired) electrons. The number of hydrogen-bond donors (Lipinski definition) is 1. The monoisotopic (exact) mass is 434 g/mol. The van der Waals surface area contributed by atoms with Crippen molar-refractivity contribution < 1.29 is 14.3 Å². The predicted octanol–water partition coefficient (Wildman–Crippen LogP) is 4.81. The molecular weight excluding hydrogens is 400 g/mol. The number of carbonyl (C=O) groups is 2. The third-order valence-electron chi connectivity index (χ3n) is 6.77. The standard InChI is InChI=1S/C27H34N2O3/c1-19(32-23-8-6-5-7-9-23)24(30)28-16-20-10-12-21(13-11-20)25(31)29-18-27(4)15-22(29)14-26(2,3)17-27/h5-13,19,22H,14-18H2,1-4H3,(H,28,30). The van der Waals surface area contributed by atoms with Crippen molar-refractivity contribution in [3.8, 4) is 5.75 Å². The van der Waals surface area contributed by atoms with E-state index in [1.165, 1.54) is 6.42 Å². The van der Waals surface area contributed by atoms with Crippen LogP contribution in [-0.2, 0) is 11.3 Å². The molecule has 3 unspecified atom stereocenters. The van der Waals surface area contributed by atoms with Crippen LogP contribution in [0.5, 0.6) is 5.75 Å². The van der Waals surface area contributed by atoms with Crippen LogP contribution in [-0.4, -0.2) is 35.4 Å².